The normalized spacial score (nSPS) is 11.8. The van der Waals surface area contributed by atoms with Crippen LogP contribution in [-0.2, 0) is 11.3 Å². The SMILES string of the molecule is CCCn1c(SC(C)C(=O)Nc2cccc(C(C)=O)c2)nnc1-c1ccncc1. The monoisotopic (exact) mass is 409 g/mol. The van der Waals surface area contributed by atoms with Crippen LogP contribution in [0.3, 0.4) is 0 Å². The van der Waals surface area contributed by atoms with E-state index in [1.54, 1.807) is 36.7 Å². The lowest BCUT2D eigenvalue weighted by atomic mass is 10.1. The molecule has 29 heavy (non-hydrogen) atoms. The number of hydrogen-bond donors (Lipinski definition) is 1. The fourth-order valence-corrected chi connectivity index (χ4v) is 3.66. The number of nitrogens with zero attached hydrogens (tertiary/aromatic N) is 4. The van der Waals surface area contributed by atoms with Crippen molar-refractivity contribution >= 4 is 29.1 Å². The summed E-state index contributed by atoms with van der Waals surface area (Å²) in [5.74, 6) is 0.561. The highest BCUT2D eigenvalue weighted by Gasteiger charge is 2.21. The van der Waals surface area contributed by atoms with Crippen LogP contribution in [0.25, 0.3) is 11.4 Å². The molecule has 0 saturated heterocycles. The van der Waals surface area contributed by atoms with Crippen LogP contribution in [0.5, 0.6) is 0 Å². The van der Waals surface area contributed by atoms with E-state index in [0.29, 0.717) is 16.4 Å². The van der Waals surface area contributed by atoms with E-state index < -0.39 is 0 Å². The Bertz CT molecular complexity index is 1000. The Morgan fingerprint density at radius 3 is 2.62 bits per heavy atom. The molecule has 3 rings (SSSR count). The average Bonchev–Trinajstić information content (AvgIpc) is 3.11. The van der Waals surface area contributed by atoms with Crippen molar-refractivity contribution in [2.24, 2.45) is 0 Å². The van der Waals surface area contributed by atoms with Gasteiger partial charge in [0.05, 0.1) is 5.25 Å². The number of carbonyl (C=O) groups is 2. The molecule has 3 aromatic rings. The molecule has 0 spiro atoms. The van der Waals surface area contributed by atoms with Crippen LogP contribution in [0, 0.1) is 0 Å². The van der Waals surface area contributed by atoms with Gasteiger partial charge in [-0.3, -0.25) is 14.6 Å². The Balaban J connectivity index is 1.75. The number of pyridine rings is 1. The first-order valence-electron chi connectivity index (χ1n) is 9.41. The highest BCUT2D eigenvalue weighted by atomic mass is 32.2. The fraction of sp³-hybridized carbons (Fsp3) is 0.286. The Hall–Kier alpha value is -3.00. The molecule has 0 aliphatic heterocycles. The maximum Gasteiger partial charge on any atom is 0.237 e. The number of Topliss-reactive ketones (excluding diaryl/α,β-unsaturated/α-hetero) is 1. The van der Waals surface area contributed by atoms with E-state index in [9.17, 15) is 9.59 Å². The van der Waals surface area contributed by atoms with E-state index in [0.717, 1.165) is 24.4 Å². The summed E-state index contributed by atoms with van der Waals surface area (Å²) in [7, 11) is 0. The number of anilines is 1. The first-order chi connectivity index (χ1) is 14.0. The Labute approximate surface area is 174 Å². The van der Waals surface area contributed by atoms with Crippen LogP contribution in [0.15, 0.2) is 53.9 Å². The summed E-state index contributed by atoms with van der Waals surface area (Å²) >= 11 is 1.36. The van der Waals surface area contributed by atoms with E-state index in [1.807, 2.05) is 23.6 Å². The quantitative estimate of drug-likeness (QED) is 0.445. The van der Waals surface area contributed by atoms with Crippen molar-refractivity contribution in [3.8, 4) is 11.4 Å². The molecule has 1 N–H and O–H groups in total. The first-order valence-corrected chi connectivity index (χ1v) is 10.3. The van der Waals surface area contributed by atoms with Gasteiger partial charge < -0.3 is 9.88 Å². The lowest BCUT2D eigenvalue weighted by molar-refractivity contribution is -0.115. The third-order valence-electron chi connectivity index (χ3n) is 4.29. The number of thioether (sulfide) groups is 1. The van der Waals surface area contributed by atoms with Crippen LogP contribution < -0.4 is 5.32 Å². The van der Waals surface area contributed by atoms with E-state index in [1.165, 1.54) is 18.7 Å². The van der Waals surface area contributed by atoms with E-state index in [2.05, 4.69) is 27.4 Å². The molecule has 0 aliphatic carbocycles. The minimum atomic E-state index is -0.388. The summed E-state index contributed by atoms with van der Waals surface area (Å²) in [5.41, 5.74) is 2.10. The number of rotatable bonds is 8. The Morgan fingerprint density at radius 1 is 1.17 bits per heavy atom. The number of carbonyl (C=O) groups excluding carboxylic acids is 2. The van der Waals surface area contributed by atoms with Crippen LogP contribution in [0.2, 0.25) is 0 Å². The number of aromatic nitrogens is 4. The predicted octanol–water partition coefficient (Wildman–Crippen LogP) is 4.07. The molecule has 7 nitrogen and oxygen atoms in total. The number of hydrogen-bond acceptors (Lipinski definition) is 6. The van der Waals surface area contributed by atoms with Gasteiger partial charge in [0.25, 0.3) is 0 Å². The van der Waals surface area contributed by atoms with Crippen LogP contribution in [0.4, 0.5) is 5.69 Å². The largest absolute Gasteiger partial charge is 0.325 e. The molecule has 0 fully saturated rings. The van der Waals surface area contributed by atoms with Crippen LogP contribution in [-0.4, -0.2) is 36.7 Å². The third-order valence-corrected chi connectivity index (χ3v) is 5.37. The minimum absolute atomic E-state index is 0.0418. The van der Waals surface area contributed by atoms with E-state index in [4.69, 9.17) is 0 Å². The van der Waals surface area contributed by atoms with Crippen molar-refractivity contribution < 1.29 is 9.59 Å². The van der Waals surface area contributed by atoms with Crippen molar-refractivity contribution in [1.29, 1.82) is 0 Å². The molecule has 2 aromatic heterocycles. The lowest BCUT2D eigenvalue weighted by Crippen LogP contribution is -2.23. The maximum atomic E-state index is 12.7. The molecular formula is C21H23N5O2S. The summed E-state index contributed by atoms with van der Waals surface area (Å²) < 4.78 is 2.03. The summed E-state index contributed by atoms with van der Waals surface area (Å²) in [6, 6.07) is 10.7. The summed E-state index contributed by atoms with van der Waals surface area (Å²) in [6.07, 6.45) is 4.36. The van der Waals surface area contributed by atoms with Crippen molar-refractivity contribution in [1.82, 2.24) is 19.7 Å². The molecule has 1 amide bonds. The Morgan fingerprint density at radius 2 is 1.93 bits per heavy atom. The van der Waals surface area contributed by atoms with Gasteiger partial charge in [-0.1, -0.05) is 30.8 Å². The number of nitrogens with one attached hydrogen (secondary N) is 1. The number of benzene rings is 1. The second kappa shape index (κ2) is 9.47. The molecule has 0 radical (unpaired) electrons. The van der Waals surface area contributed by atoms with Gasteiger partial charge in [-0.05, 0) is 44.5 Å². The van der Waals surface area contributed by atoms with Crippen molar-refractivity contribution in [3.05, 3.63) is 54.4 Å². The van der Waals surface area contributed by atoms with Gasteiger partial charge in [0.2, 0.25) is 5.91 Å². The van der Waals surface area contributed by atoms with Gasteiger partial charge in [-0.25, -0.2) is 0 Å². The second-order valence-corrected chi connectivity index (χ2v) is 7.89. The maximum absolute atomic E-state index is 12.7. The van der Waals surface area contributed by atoms with Crippen LogP contribution >= 0.6 is 11.8 Å². The van der Waals surface area contributed by atoms with Crippen LogP contribution in [0.1, 0.15) is 37.6 Å². The molecule has 1 unspecified atom stereocenters. The molecule has 1 aromatic carbocycles. The minimum Gasteiger partial charge on any atom is -0.325 e. The second-order valence-electron chi connectivity index (χ2n) is 6.58. The van der Waals surface area contributed by atoms with Gasteiger partial charge in [-0.15, -0.1) is 10.2 Å². The predicted molar refractivity (Wildman–Crippen MR) is 114 cm³/mol. The third kappa shape index (κ3) is 5.08. The van der Waals surface area contributed by atoms with Gasteiger partial charge in [-0.2, -0.15) is 0 Å². The summed E-state index contributed by atoms with van der Waals surface area (Å²) in [5, 5.41) is 11.8. The highest BCUT2D eigenvalue weighted by Crippen LogP contribution is 2.27. The van der Waals surface area contributed by atoms with Gasteiger partial charge in [0.1, 0.15) is 0 Å². The highest BCUT2D eigenvalue weighted by molar-refractivity contribution is 8.00. The topological polar surface area (TPSA) is 89.8 Å². The zero-order chi connectivity index (χ0) is 20.8. The molecule has 0 saturated carbocycles. The lowest BCUT2D eigenvalue weighted by Gasteiger charge is -2.13. The zero-order valence-corrected chi connectivity index (χ0v) is 17.4. The van der Waals surface area contributed by atoms with E-state index >= 15 is 0 Å². The van der Waals surface area contributed by atoms with Gasteiger partial charge in [0.15, 0.2) is 16.8 Å². The summed E-state index contributed by atoms with van der Waals surface area (Å²) in [6.45, 7) is 6.16. The van der Waals surface area contributed by atoms with Gasteiger partial charge in [0, 0.05) is 35.8 Å². The van der Waals surface area contributed by atoms with Crippen molar-refractivity contribution in [3.63, 3.8) is 0 Å². The smallest absolute Gasteiger partial charge is 0.237 e. The summed E-state index contributed by atoms with van der Waals surface area (Å²) in [4.78, 5) is 28.2. The average molecular weight is 410 g/mol. The van der Waals surface area contributed by atoms with Crippen molar-refractivity contribution in [2.75, 3.05) is 5.32 Å². The molecule has 0 aliphatic rings. The molecular weight excluding hydrogens is 386 g/mol. The van der Waals surface area contributed by atoms with Crippen molar-refractivity contribution in [2.45, 2.75) is 44.1 Å². The fourth-order valence-electron chi connectivity index (χ4n) is 2.79. The molecule has 8 heteroatoms. The number of amides is 1. The Kier molecular flexibility index (Phi) is 6.77. The molecule has 150 valence electrons. The molecule has 0 bridgehead atoms. The van der Waals surface area contributed by atoms with Gasteiger partial charge >= 0.3 is 0 Å². The molecule has 1 atom stereocenters. The standard InChI is InChI=1S/C21H23N5O2S/c1-4-12-26-19(16-8-10-22-11-9-16)24-25-21(26)29-15(3)20(28)23-18-7-5-6-17(13-18)14(2)27/h5-11,13,15H,4,12H2,1-3H3,(H,23,28). The first kappa shape index (κ1) is 20.7. The number of ketones is 1. The molecule has 2 heterocycles. The van der Waals surface area contributed by atoms with E-state index in [-0.39, 0.29) is 16.9 Å². The zero-order valence-electron chi connectivity index (χ0n) is 16.6.